The molecule has 0 unspecified atom stereocenters. The Morgan fingerprint density at radius 2 is 1.66 bits per heavy atom. The molecule has 0 aliphatic carbocycles. The average molecular weight is 456 g/mol. The lowest BCUT2D eigenvalue weighted by atomic mass is 9.73. The fourth-order valence-corrected chi connectivity index (χ4v) is 4.84. The number of likely N-dealkylation sites (tertiary alicyclic amines) is 1. The zero-order valence-electron chi connectivity index (χ0n) is 18.4. The van der Waals surface area contributed by atoms with Crippen LogP contribution < -0.4 is 10.6 Å². The predicted molar refractivity (Wildman–Crippen MR) is 122 cm³/mol. The molecule has 0 saturated carbocycles. The summed E-state index contributed by atoms with van der Waals surface area (Å²) >= 11 is 6.26. The highest BCUT2D eigenvalue weighted by Crippen LogP contribution is 2.51. The molecule has 168 valence electrons. The van der Waals surface area contributed by atoms with Crippen LogP contribution in [0.5, 0.6) is 0 Å². The number of carbonyl (C=O) groups is 3. The minimum Gasteiger partial charge on any atom is -0.444 e. The van der Waals surface area contributed by atoms with Gasteiger partial charge in [-0.3, -0.25) is 14.5 Å². The topological polar surface area (TPSA) is 92.9 Å². The van der Waals surface area contributed by atoms with Crippen molar-refractivity contribution in [1.29, 1.82) is 0 Å². The molecule has 1 saturated heterocycles. The number of nitrogens with two attached hydrogens (primary N) is 1. The molecule has 0 radical (unpaired) electrons. The molecule has 2 aliphatic heterocycles. The maximum absolute atomic E-state index is 13.9. The van der Waals surface area contributed by atoms with Crippen LogP contribution in [-0.4, -0.2) is 41.5 Å². The third kappa shape index (κ3) is 3.60. The first kappa shape index (κ1) is 22.1. The van der Waals surface area contributed by atoms with Gasteiger partial charge in [-0.25, -0.2) is 4.79 Å². The summed E-state index contributed by atoms with van der Waals surface area (Å²) in [6.07, 6.45) is 0.518. The van der Waals surface area contributed by atoms with Crippen molar-refractivity contribution < 1.29 is 19.1 Å². The highest BCUT2D eigenvalue weighted by atomic mass is 35.5. The molecule has 2 aromatic rings. The van der Waals surface area contributed by atoms with Gasteiger partial charge in [-0.05, 0) is 57.4 Å². The standard InChI is InChI=1S/C24H26ClN3O4/c1-23(2,3)32-22(31)27-13-11-24(12-14-27)15-7-4-5-9-17(15)28(21(24)30)18-10-6-8-16(25)19(18)20(26)29/h4-10H,11-14H2,1-3H3,(H2,26,29). The highest BCUT2D eigenvalue weighted by molar-refractivity contribution is 6.35. The SMILES string of the molecule is CC(C)(C)OC(=O)N1CCC2(CC1)C(=O)N(c1cccc(Cl)c1C(N)=O)c1ccccc12. The van der Waals surface area contributed by atoms with Gasteiger partial charge in [0, 0.05) is 13.1 Å². The average Bonchev–Trinajstić information content (AvgIpc) is 2.95. The van der Waals surface area contributed by atoms with Crippen LogP contribution in [0.2, 0.25) is 5.02 Å². The van der Waals surface area contributed by atoms with Crippen LogP contribution in [0.15, 0.2) is 42.5 Å². The van der Waals surface area contributed by atoms with Gasteiger partial charge in [0.25, 0.3) is 5.91 Å². The van der Waals surface area contributed by atoms with Crippen LogP contribution in [-0.2, 0) is 14.9 Å². The smallest absolute Gasteiger partial charge is 0.410 e. The first-order chi connectivity index (χ1) is 15.0. The first-order valence-corrected chi connectivity index (χ1v) is 10.9. The number of anilines is 2. The summed E-state index contributed by atoms with van der Waals surface area (Å²) in [5.41, 5.74) is 6.28. The lowest BCUT2D eigenvalue weighted by molar-refractivity contribution is -0.124. The second-order valence-corrected chi connectivity index (χ2v) is 9.61. The Bertz CT molecular complexity index is 1100. The number of ether oxygens (including phenoxy) is 1. The zero-order valence-corrected chi connectivity index (χ0v) is 19.1. The maximum Gasteiger partial charge on any atom is 0.410 e. The number of piperidine rings is 1. The van der Waals surface area contributed by atoms with Gasteiger partial charge in [-0.2, -0.15) is 0 Å². The van der Waals surface area contributed by atoms with Crippen LogP contribution in [0.1, 0.15) is 49.5 Å². The number of carbonyl (C=O) groups excluding carboxylic acids is 3. The van der Waals surface area contributed by atoms with Crippen molar-refractivity contribution in [3.05, 3.63) is 58.6 Å². The Kier molecular flexibility index (Phi) is 5.41. The van der Waals surface area contributed by atoms with E-state index in [1.165, 1.54) is 0 Å². The van der Waals surface area contributed by atoms with E-state index in [1.54, 1.807) is 28.0 Å². The molecule has 0 atom stereocenters. The molecular weight excluding hydrogens is 430 g/mol. The Morgan fingerprint density at radius 3 is 2.28 bits per heavy atom. The van der Waals surface area contributed by atoms with Gasteiger partial charge >= 0.3 is 6.09 Å². The number of primary amides is 1. The van der Waals surface area contributed by atoms with Crippen LogP contribution in [0.4, 0.5) is 16.2 Å². The number of benzene rings is 2. The van der Waals surface area contributed by atoms with Crippen molar-refractivity contribution >= 4 is 40.9 Å². The molecule has 0 bridgehead atoms. The molecular formula is C24H26ClN3O4. The summed E-state index contributed by atoms with van der Waals surface area (Å²) in [6.45, 7) is 6.26. The van der Waals surface area contributed by atoms with Crippen molar-refractivity contribution in [2.45, 2.75) is 44.6 Å². The number of nitrogens with zero attached hydrogens (tertiary/aromatic N) is 2. The lowest BCUT2D eigenvalue weighted by Crippen LogP contribution is -2.50. The number of halogens is 1. The molecule has 7 nitrogen and oxygen atoms in total. The van der Waals surface area contributed by atoms with Crippen LogP contribution in [0, 0.1) is 0 Å². The molecule has 2 N–H and O–H groups in total. The van der Waals surface area contributed by atoms with Gasteiger partial charge in [-0.1, -0.05) is 35.9 Å². The van der Waals surface area contributed by atoms with Crippen molar-refractivity contribution in [3.63, 3.8) is 0 Å². The number of amides is 3. The van der Waals surface area contributed by atoms with Gasteiger partial charge < -0.3 is 15.4 Å². The number of fused-ring (bicyclic) bond motifs is 2. The van der Waals surface area contributed by atoms with E-state index in [0.717, 1.165) is 5.56 Å². The quantitative estimate of drug-likeness (QED) is 0.726. The molecule has 1 fully saturated rings. The fourth-order valence-electron chi connectivity index (χ4n) is 4.57. The number of hydrogen-bond acceptors (Lipinski definition) is 4. The third-order valence-corrected chi connectivity index (χ3v) is 6.34. The van der Waals surface area contributed by atoms with E-state index in [0.29, 0.717) is 37.3 Å². The summed E-state index contributed by atoms with van der Waals surface area (Å²) in [5, 5.41) is 0.195. The van der Waals surface area contributed by atoms with E-state index in [9.17, 15) is 14.4 Å². The van der Waals surface area contributed by atoms with Crippen LogP contribution >= 0.6 is 11.6 Å². The second-order valence-electron chi connectivity index (χ2n) is 9.21. The lowest BCUT2D eigenvalue weighted by Gasteiger charge is -2.39. The van der Waals surface area contributed by atoms with Gasteiger partial charge in [0.05, 0.1) is 27.4 Å². The Hall–Kier alpha value is -3.06. The Labute approximate surface area is 192 Å². The van der Waals surface area contributed by atoms with Crippen molar-refractivity contribution in [3.8, 4) is 0 Å². The Morgan fingerprint density at radius 1 is 1.03 bits per heavy atom. The fraction of sp³-hybridized carbons (Fsp3) is 0.375. The molecule has 3 amide bonds. The summed E-state index contributed by atoms with van der Waals surface area (Å²) < 4.78 is 5.50. The molecule has 2 heterocycles. The van der Waals surface area contributed by atoms with Gasteiger partial charge in [0.1, 0.15) is 5.60 Å². The van der Waals surface area contributed by atoms with E-state index in [1.807, 2.05) is 45.0 Å². The molecule has 4 rings (SSSR count). The summed E-state index contributed by atoms with van der Waals surface area (Å²) in [5.74, 6) is -0.844. The molecule has 0 aromatic heterocycles. The van der Waals surface area contributed by atoms with Crippen LogP contribution in [0.3, 0.4) is 0 Å². The molecule has 32 heavy (non-hydrogen) atoms. The Balaban J connectivity index is 1.71. The van der Waals surface area contributed by atoms with E-state index < -0.39 is 16.9 Å². The summed E-state index contributed by atoms with van der Waals surface area (Å²) in [7, 11) is 0. The van der Waals surface area contributed by atoms with Crippen LogP contribution in [0.25, 0.3) is 0 Å². The van der Waals surface area contributed by atoms with E-state index >= 15 is 0 Å². The number of rotatable bonds is 2. The van der Waals surface area contributed by atoms with Crippen molar-refractivity contribution in [2.24, 2.45) is 5.73 Å². The van der Waals surface area contributed by atoms with Gasteiger partial charge in [-0.15, -0.1) is 0 Å². The van der Waals surface area contributed by atoms with E-state index in [-0.39, 0.29) is 22.6 Å². The first-order valence-electron chi connectivity index (χ1n) is 10.6. The van der Waals surface area contributed by atoms with Crippen molar-refractivity contribution in [2.75, 3.05) is 18.0 Å². The molecule has 2 aliphatic rings. The minimum absolute atomic E-state index is 0.112. The zero-order chi connectivity index (χ0) is 23.3. The maximum atomic E-state index is 13.9. The van der Waals surface area contributed by atoms with Gasteiger partial charge in [0.2, 0.25) is 5.91 Å². The van der Waals surface area contributed by atoms with E-state index in [4.69, 9.17) is 22.1 Å². The number of para-hydroxylation sites is 1. The van der Waals surface area contributed by atoms with Gasteiger partial charge in [0.15, 0.2) is 0 Å². The number of hydrogen-bond donors (Lipinski definition) is 1. The summed E-state index contributed by atoms with van der Waals surface area (Å²) in [6, 6.07) is 12.5. The monoisotopic (exact) mass is 455 g/mol. The minimum atomic E-state index is -0.799. The molecule has 8 heteroatoms. The predicted octanol–water partition coefficient (Wildman–Crippen LogP) is 4.39. The van der Waals surface area contributed by atoms with Crippen molar-refractivity contribution in [1.82, 2.24) is 4.90 Å². The second kappa shape index (κ2) is 7.81. The third-order valence-electron chi connectivity index (χ3n) is 6.02. The largest absolute Gasteiger partial charge is 0.444 e. The summed E-state index contributed by atoms with van der Waals surface area (Å²) in [4.78, 5) is 41.8. The van der Waals surface area contributed by atoms with E-state index in [2.05, 4.69) is 0 Å². The highest BCUT2D eigenvalue weighted by Gasteiger charge is 2.53. The normalized spacial score (nSPS) is 17.4. The molecule has 2 aromatic carbocycles. The molecule has 1 spiro atoms.